The lowest BCUT2D eigenvalue weighted by molar-refractivity contribution is -0.151. The summed E-state index contributed by atoms with van der Waals surface area (Å²) >= 11 is 0. The van der Waals surface area contributed by atoms with Crippen molar-refractivity contribution in [1.29, 1.82) is 0 Å². The van der Waals surface area contributed by atoms with Crippen molar-refractivity contribution < 1.29 is 17.9 Å². The maximum atomic E-state index is 12.6. The normalized spacial score (nSPS) is 24.3. The second-order valence-electron chi connectivity index (χ2n) is 5.75. The molecule has 1 atom stereocenters. The van der Waals surface area contributed by atoms with E-state index in [1.54, 1.807) is 6.92 Å². The maximum Gasteiger partial charge on any atom is 0.401 e. The third-order valence-corrected chi connectivity index (χ3v) is 3.74. The monoisotopic (exact) mass is 296 g/mol. The summed E-state index contributed by atoms with van der Waals surface area (Å²) in [5, 5.41) is 3.35. The van der Waals surface area contributed by atoms with Crippen molar-refractivity contribution in [3.63, 3.8) is 0 Å². The number of hydrogen-bond acceptors (Lipinski definition) is 3. The molecule has 1 N–H and O–H groups in total. The van der Waals surface area contributed by atoms with Gasteiger partial charge in [0.25, 0.3) is 0 Å². The van der Waals surface area contributed by atoms with Crippen molar-refractivity contribution in [3.05, 3.63) is 0 Å². The van der Waals surface area contributed by atoms with Crippen LogP contribution >= 0.6 is 0 Å². The summed E-state index contributed by atoms with van der Waals surface area (Å²) in [4.78, 5) is 1.49. The van der Waals surface area contributed by atoms with Crippen LogP contribution in [0.5, 0.6) is 0 Å². The van der Waals surface area contributed by atoms with Gasteiger partial charge >= 0.3 is 6.18 Å². The first-order valence-corrected chi connectivity index (χ1v) is 7.48. The SMILES string of the molecule is CCCNCC1(CN(CC)CC(F)(F)F)CCCOC1. The highest BCUT2D eigenvalue weighted by Crippen LogP contribution is 2.30. The minimum absolute atomic E-state index is 0.186. The van der Waals surface area contributed by atoms with E-state index in [-0.39, 0.29) is 5.41 Å². The van der Waals surface area contributed by atoms with Crippen LogP contribution in [-0.4, -0.2) is 57.0 Å². The lowest BCUT2D eigenvalue weighted by Gasteiger charge is -2.41. The highest BCUT2D eigenvalue weighted by molar-refractivity contribution is 4.87. The van der Waals surface area contributed by atoms with Crippen molar-refractivity contribution >= 4 is 0 Å². The number of ether oxygens (including phenoxy) is 1. The molecule has 1 saturated heterocycles. The van der Waals surface area contributed by atoms with E-state index >= 15 is 0 Å². The fraction of sp³-hybridized carbons (Fsp3) is 1.00. The Bertz CT molecular complexity index is 266. The minimum Gasteiger partial charge on any atom is -0.381 e. The van der Waals surface area contributed by atoms with Gasteiger partial charge in [-0.2, -0.15) is 13.2 Å². The predicted octanol–water partition coefficient (Wildman–Crippen LogP) is 2.67. The molecule has 1 rings (SSSR count). The summed E-state index contributed by atoms with van der Waals surface area (Å²) in [7, 11) is 0. The molecule has 0 aliphatic carbocycles. The number of alkyl halides is 3. The first kappa shape index (κ1) is 17.7. The van der Waals surface area contributed by atoms with Gasteiger partial charge in [-0.05, 0) is 32.4 Å². The molecule has 0 bridgehead atoms. The third-order valence-electron chi connectivity index (χ3n) is 3.74. The summed E-state index contributed by atoms with van der Waals surface area (Å²) < 4.78 is 43.3. The van der Waals surface area contributed by atoms with Crippen molar-refractivity contribution in [3.8, 4) is 0 Å². The molecule has 0 aromatic heterocycles. The molecule has 1 unspecified atom stereocenters. The Labute approximate surface area is 119 Å². The van der Waals surface area contributed by atoms with E-state index in [0.717, 1.165) is 39.0 Å². The Morgan fingerprint density at radius 1 is 1.30 bits per heavy atom. The van der Waals surface area contributed by atoms with E-state index < -0.39 is 12.7 Å². The zero-order chi connectivity index (χ0) is 15.1. The van der Waals surface area contributed by atoms with E-state index in [1.165, 1.54) is 4.90 Å². The van der Waals surface area contributed by atoms with E-state index in [1.807, 2.05) is 0 Å². The molecule has 1 fully saturated rings. The smallest absolute Gasteiger partial charge is 0.381 e. The van der Waals surface area contributed by atoms with Gasteiger partial charge in [-0.15, -0.1) is 0 Å². The second kappa shape index (κ2) is 8.20. The van der Waals surface area contributed by atoms with Crippen LogP contribution in [0, 0.1) is 5.41 Å². The number of rotatable bonds is 8. The Morgan fingerprint density at radius 3 is 2.55 bits per heavy atom. The summed E-state index contributed by atoms with van der Waals surface area (Å²) in [6.45, 7) is 6.79. The van der Waals surface area contributed by atoms with Crippen molar-refractivity contribution in [2.45, 2.75) is 39.3 Å². The van der Waals surface area contributed by atoms with Gasteiger partial charge in [0.2, 0.25) is 0 Å². The number of nitrogens with zero attached hydrogens (tertiary/aromatic N) is 1. The number of halogens is 3. The Balaban J connectivity index is 2.61. The van der Waals surface area contributed by atoms with Gasteiger partial charge in [0, 0.05) is 25.1 Å². The van der Waals surface area contributed by atoms with Crippen LogP contribution in [0.2, 0.25) is 0 Å². The standard InChI is InChI=1S/C14H27F3N2O/c1-3-7-18-9-13(6-5-8-20-12-13)10-19(4-2)11-14(15,16)17/h18H,3-12H2,1-2H3. The summed E-state index contributed by atoms with van der Waals surface area (Å²) in [5.41, 5.74) is -0.186. The van der Waals surface area contributed by atoms with Crippen LogP contribution in [0.15, 0.2) is 0 Å². The van der Waals surface area contributed by atoms with Gasteiger partial charge < -0.3 is 10.1 Å². The third kappa shape index (κ3) is 6.41. The average Bonchev–Trinajstić information content (AvgIpc) is 2.38. The van der Waals surface area contributed by atoms with E-state index in [2.05, 4.69) is 12.2 Å². The first-order valence-electron chi connectivity index (χ1n) is 7.48. The van der Waals surface area contributed by atoms with Crippen molar-refractivity contribution in [2.75, 3.05) is 45.9 Å². The van der Waals surface area contributed by atoms with E-state index in [0.29, 0.717) is 19.7 Å². The van der Waals surface area contributed by atoms with E-state index in [9.17, 15) is 13.2 Å². The highest BCUT2D eigenvalue weighted by Gasteiger charge is 2.37. The largest absolute Gasteiger partial charge is 0.401 e. The molecule has 6 heteroatoms. The summed E-state index contributed by atoms with van der Waals surface area (Å²) in [6.07, 6.45) is -1.25. The summed E-state index contributed by atoms with van der Waals surface area (Å²) in [6, 6.07) is 0. The van der Waals surface area contributed by atoms with Gasteiger partial charge in [0.15, 0.2) is 0 Å². The van der Waals surface area contributed by atoms with Crippen LogP contribution in [0.4, 0.5) is 13.2 Å². The molecule has 120 valence electrons. The lowest BCUT2D eigenvalue weighted by Crippen LogP contribution is -2.50. The van der Waals surface area contributed by atoms with Crippen LogP contribution in [0.3, 0.4) is 0 Å². The second-order valence-corrected chi connectivity index (χ2v) is 5.75. The van der Waals surface area contributed by atoms with Gasteiger partial charge in [-0.3, -0.25) is 4.90 Å². The highest BCUT2D eigenvalue weighted by atomic mass is 19.4. The Morgan fingerprint density at radius 2 is 2.05 bits per heavy atom. The molecule has 0 spiro atoms. The molecule has 0 aromatic rings. The minimum atomic E-state index is -4.14. The molecule has 1 aliphatic rings. The molecule has 0 radical (unpaired) electrons. The molecule has 0 saturated carbocycles. The first-order chi connectivity index (χ1) is 9.41. The molecule has 1 aliphatic heterocycles. The average molecular weight is 296 g/mol. The molecule has 1 heterocycles. The fourth-order valence-electron chi connectivity index (χ4n) is 2.77. The topological polar surface area (TPSA) is 24.5 Å². The fourth-order valence-corrected chi connectivity index (χ4v) is 2.77. The van der Waals surface area contributed by atoms with Crippen LogP contribution in [-0.2, 0) is 4.74 Å². The van der Waals surface area contributed by atoms with Gasteiger partial charge in [-0.1, -0.05) is 13.8 Å². The van der Waals surface area contributed by atoms with Gasteiger partial charge in [-0.25, -0.2) is 0 Å². The molecule has 3 nitrogen and oxygen atoms in total. The van der Waals surface area contributed by atoms with Crippen LogP contribution in [0.25, 0.3) is 0 Å². The molecular weight excluding hydrogens is 269 g/mol. The maximum absolute atomic E-state index is 12.6. The van der Waals surface area contributed by atoms with Crippen LogP contribution < -0.4 is 5.32 Å². The van der Waals surface area contributed by atoms with E-state index in [4.69, 9.17) is 4.74 Å². The molecular formula is C14H27F3N2O. The summed E-state index contributed by atoms with van der Waals surface area (Å²) in [5.74, 6) is 0. The van der Waals surface area contributed by atoms with Crippen molar-refractivity contribution in [1.82, 2.24) is 10.2 Å². The predicted molar refractivity (Wildman–Crippen MR) is 73.8 cm³/mol. The number of hydrogen-bond donors (Lipinski definition) is 1. The molecule has 0 amide bonds. The zero-order valence-electron chi connectivity index (χ0n) is 12.6. The van der Waals surface area contributed by atoms with Gasteiger partial charge in [0.05, 0.1) is 13.2 Å². The Hall–Kier alpha value is -0.330. The quantitative estimate of drug-likeness (QED) is 0.697. The van der Waals surface area contributed by atoms with Crippen molar-refractivity contribution in [2.24, 2.45) is 5.41 Å². The lowest BCUT2D eigenvalue weighted by atomic mass is 9.81. The van der Waals surface area contributed by atoms with Gasteiger partial charge in [0.1, 0.15) is 0 Å². The number of nitrogens with one attached hydrogen (secondary N) is 1. The van der Waals surface area contributed by atoms with Crippen LogP contribution in [0.1, 0.15) is 33.1 Å². The zero-order valence-corrected chi connectivity index (χ0v) is 12.6. The molecule has 20 heavy (non-hydrogen) atoms. The Kier molecular flexibility index (Phi) is 7.26. The molecule has 0 aromatic carbocycles.